The second-order valence-electron chi connectivity index (χ2n) is 9.20. The van der Waals surface area contributed by atoms with Crippen molar-refractivity contribution < 1.29 is 28.8 Å². The molecule has 1 aromatic carbocycles. The maximum absolute atomic E-state index is 12.6. The summed E-state index contributed by atoms with van der Waals surface area (Å²) in [6, 6.07) is 6.39. The van der Waals surface area contributed by atoms with Crippen LogP contribution in [0.15, 0.2) is 24.3 Å². The number of fused-ring (bicyclic) bond motifs is 1. The number of hydroxylamine groups is 2. The molecular formula is C22H26N2O6. The topological polar surface area (TPSA) is 93.2 Å². The first kappa shape index (κ1) is 20.4. The summed E-state index contributed by atoms with van der Waals surface area (Å²) in [5.41, 5.74) is -0.0756. The summed E-state index contributed by atoms with van der Waals surface area (Å²) >= 11 is 0. The zero-order chi connectivity index (χ0) is 21.6. The van der Waals surface area contributed by atoms with Gasteiger partial charge in [0.25, 0.3) is 11.8 Å². The van der Waals surface area contributed by atoms with E-state index >= 15 is 0 Å². The number of hydrogen-bond donors (Lipinski definition) is 0. The lowest BCUT2D eigenvalue weighted by Crippen LogP contribution is -2.43. The molecule has 1 aromatic rings. The zero-order valence-corrected chi connectivity index (χ0v) is 17.4. The van der Waals surface area contributed by atoms with Crippen LogP contribution in [-0.2, 0) is 14.4 Å². The monoisotopic (exact) mass is 414 g/mol. The number of carbonyl (C=O) groups excluding carboxylic acids is 4. The van der Waals surface area contributed by atoms with E-state index in [9.17, 15) is 19.2 Å². The number of nitrogens with zero attached hydrogens (tertiary/aromatic N) is 2. The molecule has 2 fully saturated rings. The van der Waals surface area contributed by atoms with Crippen LogP contribution in [0.25, 0.3) is 0 Å². The maximum atomic E-state index is 12.6. The standard InChI is InChI=1S/C22H26N2O6/c1-22(2,3)29-21(28)23-10-6-7-13(12-23)16-11-17(16)20(27)30-24-18(25)14-8-4-5-9-15(14)19(24)26/h4-5,8-9,13,16-17H,6-7,10-12H2,1-3H3. The van der Waals surface area contributed by atoms with Crippen LogP contribution < -0.4 is 0 Å². The predicted octanol–water partition coefficient (Wildman–Crippen LogP) is 3.02. The Morgan fingerprint density at radius 2 is 1.70 bits per heavy atom. The van der Waals surface area contributed by atoms with E-state index in [0.717, 1.165) is 12.8 Å². The zero-order valence-electron chi connectivity index (χ0n) is 17.4. The summed E-state index contributed by atoms with van der Waals surface area (Å²) in [5, 5.41) is 0.566. The minimum Gasteiger partial charge on any atom is -0.444 e. The molecular weight excluding hydrogens is 388 g/mol. The Kier molecular flexibility index (Phi) is 5.03. The summed E-state index contributed by atoms with van der Waals surface area (Å²) in [6.45, 7) is 6.67. The number of likely N-dealkylation sites (tertiary alicyclic amines) is 1. The number of rotatable bonds is 3. The Hall–Kier alpha value is -2.90. The van der Waals surface area contributed by atoms with Gasteiger partial charge >= 0.3 is 12.1 Å². The van der Waals surface area contributed by atoms with Gasteiger partial charge in [-0.3, -0.25) is 9.59 Å². The lowest BCUT2D eigenvalue weighted by Gasteiger charge is -2.34. The molecule has 30 heavy (non-hydrogen) atoms. The largest absolute Gasteiger partial charge is 0.444 e. The molecule has 2 aliphatic heterocycles. The molecule has 3 unspecified atom stereocenters. The van der Waals surface area contributed by atoms with Gasteiger partial charge in [0.1, 0.15) is 5.60 Å². The van der Waals surface area contributed by atoms with Gasteiger partial charge in [0, 0.05) is 13.1 Å². The number of ether oxygens (including phenoxy) is 1. The Morgan fingerprint density at radius 3 is 2.30 bits per heavy atom. The van der Waals surface area contributed by atoms with Crippen LogP contribution in [0, 0.1) is 17.8 Å². The van der Waals surface area contributed by atoms with Crippen molar-refractivity contribution >= 4 is 23.9 Å². The third kappa shape index (κ3) is 3.91. The van der Waals surface area contributed by atoms with Crippen LogP contribution in [0.3, 0.4) is 0 Å². The highest BCUT2D eigenvalue weighted by Crippen LogP contribution is 2.48. The van der Waals surface area contributed by atoms with Crippen LogP contribution in [0.4, 0.5) is 4.79 Å². The lowest BCUT2D eigenvalue weighted by atomic mass is 9.92. The molecule has 8 nitrogen and oxygen atoms in total. The van der Waals surface area contributed by atoms with Crippen molar-refractivity contribution in [3.8, 4) is 0 Å². The van der Waals surface area contributed by atoms with E-state index in [1.54, 1.807) is 17.0 Å². The molecule has 8 heteroatoms. The Morgan fingerprint density at radius 1 is 1.07 bits per heavy atom. The van der Waals surface area contributed by atoms with Crippen LogP contribution >= 0.6 is 0 Å². The number of imide groups is 1. The Balaban J connectivity index is 1.33. The van der Waals surface area contributed by atoms with Gasteiger partial charge in [0.15, 0.2) is 0 Å². The fourth-order valence-corrected chi connectivity index (χ4v) is 4.27. The molecule has 0 bridgehead atoms. The minimum absolute atomic E-state index is 0.0814. The number of piperidine rings is 1. The first-order chi connectivity index (χ1) is 14.2. The van der Waals surface area contributed by atoms with E-state index in [4.69, 9.17) is 9.57 Å². The third-order valence-corrected chi connectivity index (χ3v) is 5.80. The second kappa shape index (κ2) is 7.41. The average molecular weight is 414 g/mol. The number of amides is 3. The molecule has 0 aromatic heterocycles. The molecule has 1 saturated carbocycles. The van der Waals surface area contributed by atoms with Crippen molar-refractivity contribution in [3.05, 3.63) is 35.4 Å². The molecule has 1 aliphatic carbocycles. The van der Waals surface area contributed by atoms with E-state index in [-0.39, 0.29) is 35.0 Å². The van der Waals surface area contributed by atoms with Crippen LogP contribution in [0.1, 0.15) is 60.7 Å². The smallest absolute Gasteiger partial charge is 0.410 e. The lowest BCUT2D eigenvalue weighted by molar-refractivity contribution is -0.170. The molecule has 0 N–H and O–H groups in total. The summed E-state index contributed by atoms with van der Waals surface area (Å²) < 4.78 is 5.46. The highest BCUT2D eigenvalue weighted by Gasteiger charge is 2.52. The molecule has 2 heterocycles. The van der Waals surface area contributed by atoms with Crippen LogP contribution in [-0.4, -0.2) is 52.5 Å². The maximum Gasteiger partial charge on any atom is 0.410 e. The quantitative estimate of drug-likeness (QED) is 0.706. The van der Waals surface area contributed by atoms with Gasteiger partial charge in [-0.1, -0.05) is 17.2 Å². The Labute approximate surface area is 175 Å². The molecule has 0 radical (unpaired) electrons. The number of hydrogen-bond acceptors (Lipinski definition) is 6. The predicted molar refractivity (Wildman–Crippen MR) is 105 cm³/mol. The van der Waals surface area contributed by atoms with Crippen molar-refractivity contribution in [3.63, 3.8) is 0 Å². The first-order valence-corrected chi connectivity index (χ1v) is 10.3. The molecule has 3 atom stereocenters. The highest BCUT2D eigenvalue weighted by molar-refractivity contribution is 6.20. The SMILES string of the molecule is CC(C)(C)OC(=O)N1CCCC(C2CC2C(=O)ON2C(=O)c3ccccc3C2=O)C1. The van der Waals surface area contributed by atoms with E-state index in [1.165, 1.54) is 12.1 Å². The van der Waals surface area contributed by atoms with Gasteiger partial charge in [-0.15, -0.1) is 0 Å². The summed E-state index contributed by atoms with van der Waals surface area (Å²) in [5.74, 6) is -1.91. The number of benzene rings is 1. The van der Waals surface area contributed by atoms with E-state index in [1.807, 2.05) is 20.8 Å². The second-order valence-corrected chi connectivity index (χ2v) is 9.20. The molecule has 0 spiro atoms. The highest BCUT2D eigenvalue weighted by atomic mass is 16.7. The normalized spacial score (nSPS) is 25.8. The van der Waals surface area contributed by atoms with Crippen LogP contribution in [0.5, 0.6) is 0 Å². The summed E-state index contributed by atoms with van der Waals surface area (Å²) in [7, 11) is 0. The van der Waals surface area contributed by atoms with Crippen molar-refractivity contribution in [2.75, 3.05) is 13.1 Å². The van der Waals surface area contributed by atoms with Gasteiger partial charge < -0.3 is 14.5 Å². The van der Waals surface area contributed by atoms with E-state index < -0.39 is 23.4 Å². The van der Waals surface area contributed by atoms with E-state index in [2.05, 4.69) is 0 Å². The van der Waals surface area contributed by atoms with Gasteiger partial charge in [-0.25, -0.2) is 9.59 Å². The van der Waals surface area contributed by atoms with Gasteiger partial charge in [0.05, 0.1) is 17.0 Å². The van der Waals surface area contributed by atoms with Gasteiger partial charge in [-0.05, 0) is 64.0 Å². The van der Waals surface area contributed by atoms with E-state index in [0.29, 0.717) is 24.6 Å². The third-order valence-electron chi connectivity index (χ3n) is 5.80. The van der Waals surface area contributed by atoms with Gasteiger partial charge in [0.2, 0.25) is 0 Å². The van der Waals surface area contributed by atoms with Crippen molar-refractivity contribution in [2.45, 2.75) is 45.6 Å². The molecule has 3 amide bonds. The molecule has 160 valence electrons. The summed E-state index contributed by atoms with van der Waals surface area (Å²) in [4.78, 5) is 56.6. The number of carbonyl (C=O) groups is 4. The fraction of sp³-hybridized carbons (Fsp3) is 0.545. The molecule has 3 aliphatic rings. The van der Waals surface area contributed by atoms with Gasteiger partial charge in [-0.2, -0.15) is 0 Å². The first-order valence-electron chi connectivity index (χ1n) is 10.3. The molecule has 1 saturated heterocycles. The fourth-order valence-electron chi connectivity index (χ4n) is 4.27. The van der Waals surface area contributed by atoms with Crippen molar-refractivity contribution in [1.82, 2.24) is 9.96 Å². The average Bonchev–Trinajstić information content (AvgIpc) is 3.47. The van der Waals surface area contributed by atoms with Crippen LogP contribution in [0.2, 0.25) is 0 Å². The summed E-state index contributed by atoms with van der Waals surface area (Å²) in [6.07, 6.45) is 2.06. The Bertz CT molecular complexity index is 870. The minimum atomic E-state index is -0.616. The molecule has 4 rings (SSSR count). The van der Waals surface area contributed by atoms with Crippen molar-refractivity contribution in [1.29, 1.82) is 0 Å². The van der Waals surface area contributed by atoms with Crippen molar-refractivity contribution in [2.24, 2.45) is 17.8 Å².